The second-order valence-electron chi connectivity index (χ2n) is 3.53. The van der Waals surface area contributed by atoms with E-state index in [-0.39, 0.29) is 24.5 Å². The second kappa shape index (κ2) is 7.14. The predicted octanol–water partition coefficient (Wildman–Crippen LogP) is 4.25. The summed E-state index contributed by atoms with van der Waals surface area (Å²) in [5.41, 5.74) is 0.154. The first-order chi connectivity index (χ1) is 8.96. The Morgan fingerprint density at radius 3 is 2.32 bits per heavy atom. The number of alkyl halides is 1. The van der Waals surface area contributed by atoms with Crippen LogP contribution < -0.4 is 0 Å². The zero-order valence-corrected chi connectivity index (χ0v) is 13.1. The fraction of sp³-hybridized carbons (Fsp3) is 0.455. The first-order valence-corrected chi connectivity index (χ1v) is 8.25. The number of halogens is 1. The van der Waals surface area contributed by atoms with Crippen LogP contribution >= 0.6 is 23.5 Å². The van der Waals surface area contributed by atoms with Crippen molar-refractivity contribution in [3.63, 3.8) is 0 Å². The van der Waals surface area contributed by atoms with Crippen LogP contribution in [0.2, 0.25) is 0 Å². The zero-order chi connectivity index (χ0) is 14.5. The summed E-state index contributed by atoms with van der Waals surface area (Å²) in [5.74, 6) is 0. The second-order valence-corrected chi connectivity index (χ2v) is 7.26. The first kappa shape index (κ1) is 16.3. The van der Waals surface area contributed by atoms with Gasteiger partial charge in [0.1, 0.15) is 4.57 Å². The summed E-state index contributed by atoms with van der Waals surface area (Å²) >= 11 is 3.21. The lowest BCUT2D eigenvalue weighted by Crippen LogP contribution is -2.04. The highest BCUT2D eigenvalue weighted by atomic mass is 79.9. The number of benzene rings is 1. The molecule has 0 aromatic heterocycles. The Labute approximate surface area is 119 Å². The third-order valence-corrected chi connectivity index (χ3v) is 6.35. The number of nitro groups is 1. The molecule has 0 fully saturated rings. The average molecular weight is 352 g/mol. The normalized spacial score (nSPS) is 13.2. The van der Waals surface area contributed by atoms with Crippen molar-refractivity contribution in [1.29, 1.82) is 0 Å². The molecule has 1 aromatic rings. The van der Waals surface area contributed by atoms with Gasteiger partial charge in [0.2, 0.25) is 0 Å². The van der Waals surface area contributed by atoms with Crippen LogP contribution in [0.25, 0.3) is 0 Å². The summed E-state index contributed by atoms with van der Waals surface area (Å²) in [6.45, 7) is 3.76. The van der Waals surface area contributed by atoms with Gasteiger partial charge in [-0.3, -0.25) is 14.7 Å². The summed E-state index contributed by atoms with van der Waals surface area (Å²) in [4.78, 5) is 10.5. The Morgan fingerprint density at radius 2 is 1.84 bits per heavy atom. The first-order valence-electron chi connectivity index (χ1n) is 5.72. The molecule has 1 rings (SSSR count). The van der Waals surface area contributed by atoms with Crippen molar-refractivity contribution in [2.45, 2.75) is 18.4 Å². The van der Waals surface area contributed by atoms with Crippen molar-refractivity contribution in [2.24, 2.45) is 0 Å². The van der Waals surface area contributed by atoms with Crippen molar-refractivity contribution in [2.75, 3.05) is 13.2 Å². The Bertz CT molecular complexity index is 486. The molecule has 1 aromatic carbocycles. The van der Waals surface area contributed by atoms with Gasteiger partial charge in [-0.25, -0.2) is 0 Å². The van der Waals surface area contributed by atoms with Gasteiger partial charge >= 0.3 is 7.60 Å². The van der Waals surface area contributed by atoms with Gasteiger partial charge in [0.25, 0.3) is 5.69 Å². The van der Waals surface area contributed by atoms with Crippen LogP contribution in [-0.4, -0.2) is 18.1 Å². The van der Waals surface area contributed by atoms with Crippen molar-refractivity contribution in [3.05, 3.63) is 39.9 Å². The van der Waals surface area contributed by atoms with Gasteiger partial charge in [-0.05, 0) is 13.8 Å². The van der Waals surface area contributed by atoms with Crippen molar-refractivity contribution >= 4 is 29.2 Å². The lowest BCUT2D eigenvalue weighted by Gasteiger charge is -2.22. The molecule has 0 saturated heterocycles. The SMILES string of the molecule is CCOP(=O)(OCC)C(Br)c1ccccc1[N+](=O)[O-]. The molecule has 0 aliphatic heterocycles. The molecule has 6 nitrogen and oxygen atoms in total. The fourth-order valence-electron chi connectivity index (χ4n) is 1.55. The fourth-order valence-corrected chi connectivity index (χ4v) is 4.27. The largest absolute Gasteiger partial charge is 0.348 e. The van der Waals surface area contributed by atoms with Crippen molar-refractivity contribution < 1.29 is 18.5 Å². The highest BCUT2D eigenvalue weighted by Gasteiger charge is 2.38. The molecule has 0 radical (unpaired) electrons. The Kier molecular flexibility index (Phi) is 6.13. The molecule has 0 aliphatic rings. The summed E-state index contributed by atoms with van der Waals surface area (Å²) in [7, 11) is -3.49. The lowest BCUT2D eigenvalue weighted by atomic mass is 10.2. The van der Waals surface area contributed by atoms with E-state index in [1.165, 1.54) is 12.1 Å². The number of para-hydroxylation sites is 1. The Balaban J connectivity index is 3.20. The number of hydrogen-bond acceptors (Lipinski definition) is 5. The maximum Gasteiger partial charge on any atom is 0.348 e. The smallest absolute Gasteiger partial charge is 0.308 e. The third-order valence-electron chi connectivity index (χ3n) is 2.29. The van der Waals surface area contributed by atoms with Gasteiger partial charge in [-0.15, -0.1) is 0 Å². The maximum absolute atomic E-state index is 12.6. The van der Waals surface area contributed by atoms with E-state index in [9.17, 15) is 14.7 Å². The minimum atomic E-state index is -3.49. The quantitative estimate of drug-likeness (QED) is 0.317. The van der Waals surface area contributed by atoms with Crippen molar-refractivity contribution in [1.82, 2.24) is 0 Å². The van der Waals surface area contributed by atoms with Gasteiger partial charge in [-0.1, -0.05) is 34.1 Å². The van der Waals surface area contributed by atoms with E-state index in [4.69, 9.17) is 9.05 Å². The third kappa shape index (κ3) is 3.86. The molecule has 0 amide bonds. The van der Waals surface area contributed by atoms with Crippen LogP contribution in [0.3, 0.4) is 0 Å². The number of nitro benzene ring substituents is 1. The van der Waals surface area contributed by atoms with E-state index in [2.05, 4.69) is 15.9 Å². The van der Waals surface area contributed by atoms with Crippen molar-refractivity contribution in [3.8, 4) is 0 Å². The molecule has 1 unspecified atom stereocenters. The molecule has 0 N–H and O–H groups in total. The number of nitrogens with zero attached hydrogens (tertiary/aromatic N) is 1. The molecule has 1 atom stereocenters. The van der Waals surface area contributed by atoms with Gasteiger partial charge in [0, 0.05) is 6.07 Å². The van der Waals surface area contributed by atoms with Crippen LogP contribution in [0.5, 0.6) is 0 Å². The van der Waals surface area contributed by atoms with E-state index in [0.29, 0.717) is 0 Å². The van der Waals surface area contributed by atoms with Crippen LogP contribution in [0.15, 0.2) is 24.3 Å². The van der Waals surface area contributed by atoms with Gasteiger partial charge in [0.15, 0.2) is 0 Å². The Morgan fingerprint density at radius 1 is 1.32 bits per heavy atom. The minimum Gasteiger partial charge on any atom is -0.308 e. The topological polar surface area (TPSA) is 78.7 Å². The van der Waals surface area contributed by atoms with Crippen LogP contribution in [-0.2, 0) is 13.6 Å². The van der Waals surface area contributed by atoms with E-state index < -0.39 is 17.1 Å². The van der Waals surface area contributed by atoms with Gasteiger partial charge in [-0.2, -0.15) is 0 Å². The van der Waals surface area contributed by atoms with Gasteiger partial charge < -0.3 is 9.05 Å². The maximum atomic E-state index is 12.6. The van der Waals surface area contributed by atoms with Gasteiger partial charge in [0.05, 0.1) is 23.7 Å². The number of rotatable bonds is 7. The molecule has 8 heteroatoms. The highest BCUT2D eigenvalue weighted by molar-refractivity contribution is 9.10. The monoisotopic (exact) mass is 351 g/mol. The number of hydrogen-bond donors (Lipinski definition) is 0. The molecule has 0 saturated carbocycles. The summed E-state index contributed by atoms with van der Waals surface area (Å²) in [5, 5.41) is 11.0. The summed E-state index contributed by atoms with van der Waals surface area (Å²) in [6, 6.07) is 6.07. The summed E-state index contributed by atoms with van der Waals surface area (Å²) < 4.78 is 22.1. The molecular formula is C11H15BrNO5P. The van der Waals surface area contributed by atoms with E-state index in [1.54, 1.807) is 26.0 Å². The molecule has 0 spiro atoms. The van der Waals surface area contributed by atoms with Crippen LogP contribution in [0.1, 0.15) is 24.0 Å². The molecular weight excluding hydrogens is 337 g/mol. The van der Waals surface area contributed by atoms with E-state index in [1.807, 2.05) is 0 Å². The minimum absolute atomic E-state index is 0.121. The van der Waals surface area contributed by atoms with Crippen LogP contribution in [0, 0.1) is 10.1 Å². The molecule has 19 heavy (non-hydrogen) atoms. The average Bonchev–Trinajstić information content (AvgIpc) is 2.38. The van der Waals surface area contributed by atoms with E-state index in [0.717, 1.165) is 0 Å². The summed E-state index contributed by atoms with van der Waals surface area (Å²) in [6.07, 6.45) is 0. The molecule has 0 bridgehead atoms. The van der Waals surface area contributed by atoms with E-state index >= 15 is 0 Å². The molecule has 106 valence electrons. The molecule has 0 aliphatic carbocycles. The molecule has 0 heterocycles. The zero-order valence-electron chi connectivity index (χ0n) is 10.6. The lowest BCUT2D eigenvalue weighted by molar-refractivity contribution is -0.385. The highest BCUT2D eigenvalue weighted by Crippen LogP contribution is 2.64. The van der Waals surface area contributed by atoms with Crippen LogP contribution in [0.4, 0.5) is 5.69 Å². The predicted molar refractivity (Wildman–Crippen MR) is 75.6 cm³/mol. The standard InChI is InChI=1S/C11H15BrNO5P/c1-3-17-19(16,18-4-2)11(12)9-7-5-6-8-10(9)13(14)15/h5-8,11H,3-4H2,1-2H3. The Hall–Kier alpha value is -0.750.